The maximum atomic E-state index is 6.13. The first-order valence-corrected chi connectivity index (χ1v) is 10.2. The molecule has 2 N–H and O–H groups in total. The summed E-state index contributed by atoms with van der Waals surface area (Å²) in [4.78, 5) is 8.88. The number of ether oxygens (including phenoxy) is 1. The van der Waals surface area contributed by atoms with Crippen LogP contribution in [0.5, 0.6) is 5.75 Å². The molecule has 1 aromatic heterocycles. The Morgan fingerprint density at radius 3 is 2.80 bits per heavy atom. The highest BCUT2D eigenvalue weighted by atomic mass is 127. The van der Waals surface area contributed by atoms with Crippen molar-refractivity contribution in [3.8, 4) is 5.75 Å². The van der Waals surface area contributed by atoms with Gasteiger partial charge in [-0.1, -0.05) is 30.3 Å². The number of benzene rings is 2. The van der Waals surface area contributed by atoms with Crippen molar-refractivity contribution in [3.63, 3.8) is 0 Å². The summed E-state index contributed by atoms with van der Waals surface area (Å²) < 4.78 is 8.33. The van der Waals surface area contributed by atoms with E-state index in [0.29, 0.717) is 0 Å². The van der Waals surface area contributed by atoms with Crippen LogP contribution in [0, 0.1) is 0 Å². The number of fused-ring (bicyclic) bond motifs is 2. The van der Waals surface area contributed by atoms with Gasteiger partial charge in [0, 0.05) is 32.1 Å². The monoisotopic (exact) mass is 519 g/mol. The summed E-state index contributed by atoms with van der Waals surface area (Å²) in [6.07, 6.45) is 3.78. The number of aliphatic imine (C=N–C) groups is 1. The third-order valence-corrected chi connectivity index (χ3v) is 5.31. The average Bonchev–Trinajstić information content (AvgIpc) is 3.12. The lowest BCUT2D eigenvalue weighted by Crippen LogP contribution is -2.45. The van der Waals surface area contributed by atoms with Crippen LogP contribution in [0.25, 0.3) is 11.0 Å². The first kappa shape index (κ1) is 22.4. The van der Waals surface area contributed by atoms with Crippen LogP contribution in [0.15, 0.2) is 59.9 Å². The van der Waals surface area contributed by atoms with Gasteiger partial charge >= 0.3 is 0 Å². The van der Waals surface area contributed by atoms with Crippen molar-refractivity contribution in [2.24, 2.45) is 4.99 Å². The Morgan fingerprint density at radius 1 is 1.20 bits per heavy atom. The van der Waals surface area contributed by atoms with Crippen molar-refractivity contribution < 1.29 is 4.74 Å². The second-order valence-corrected chi connectivity index (χ2v) is 8.08. The second kappa shape index (κ2) is 9.68. The number of aryl methyl sites for hydroxylation is 1. The molecule has 1 aliphatic heterocycles. The summed E-state index contributed by atoms with van der Waals surface area (Å²) in [6.45, 7) is 6.00. The van der Waals surface area contributed by atoms with Crippen molar-refractivity contribution in [2.75, 3.05) is 13.6 Å². The smallest absolute Gasteiger partial charge is 0.191 e. The topological polar surface area (TPSA) is 63.5 Å². The van der Waals surface area contributed by atoms with Gasteiger partial charge in [0.2, 0.25) is 0 Å². The number of aromatic nitrogens is 2. The quantitative estimate of drug-likeness (QED) is 0.225. The van der Waals surface area contributed by atoms with Gasteiger partial charge in [-0.25, -0.2) is 4.98 Å². The number of nitrogens with one attached hydrogen (secondary N) is 2. The normalized spacial score (nSPS) is 17.6. The van der Waals surface area contributed by atoms with E-state index in [4.69, 9.17) is 4.74 Å². The highest BCUT2D eigenvalue weighted by Gasteiger charge is 2.33. The maximum Gasteiger partial charge on any atom is 0.191 e. The van der Waals surface area contributed by atoms with Gasteiger partial charge in [0.05, 0.1) is 23.4 Å². The summed E-state index contributed by atoms with van der Waals surface area (Å²) in [5, 5.41) is 7.03. The molecule has 30 heavy (non-hydrogen) atoms. The molecule has 6 nitrogen and oxygen atoms in total. The minimum absolute atomic E-state index is 0. The second-order valence-electron chi connectivity index (χ2n) is 8.08. The molecule has 0 fully saturated rings. The molecular weight excluding hydrogens is 489 g/mol. The minimum Gasteiger partial charge on any atom is -0.487 e. The Hall–Kier alpha value is -2.29. The molecule has 0 radical (unpaired) electrons. The molecule has 7 heteroatoms. The summed E-state index contributed by atoms with van der Waals surface area (Å²) in [7, 11) is 1.81. The number of guanidine groups is 1. The zero-order valence-electron chi connectivity index (χ0n) is 17.8. The Balaban J connectivity index is 0.00000256. The van der Waals surface area contributed by atoms with Gasteiger partial charge in [-0.15, -0.1) is 24.0 Å². The zero-order chi connectivity index (χ0) is 20.3. The maximum absolute atomic E-state index is 6.13. The summed E-state index contributed by atoms with van der Waals surface area (Å²) in [5.74, 6) is 1.77. The van der Waals surface area contributed by atoms with E-state index in [2.05, 4.69) is 63.3 Å². The van der Waals surface area contributed by atoms with Gasteiger partial charge in [-0.05, 0) is 38.5 Å². The van der Waals surface area contributed by atoms with Crippen molar-refractivity contribution >= 4 is 41.0 Å². The van der Waals surface area contributed by atoms with E-state index in [1.54, 1.807) is 0 Å². The molecule has 0 spiro atoms. The number of hydrogen-bond donors (Lipinski definition) is 2. The number of para-hydroxylation sites is 3. The molecule has 3 aromatic rings. The molecule has 0 bridgehead atoms. The van der Waals surface area contributed by atoms with Crippen molar-refractivity contribution in [1.29, 1.82) is 0 Å². The van der Waals surface area contributed by atoms with E-state index < -0.39 is 0 Å². The predicted octanol–water partition coefficient (Wildman–Crippen LogP) is 4.51. The lowest BCUT2D eigenvalue weighted by molar-refractivity contribution is 0.0694. The SMILES string of the molecule is CN=C(NCCCn1cnc2ccccc21)NC1CC(C)(C)Oc2ccccc21.I. The molecule has 1 atom stereocenters. The van der Waals surface area contributed by atoms with Crippen LogP contribution in [-0.2, 0) is 6.54 Å². The van der Waals surface area contributed by atoms with Crippen LogP contribution in [0.2, 0.25) is 0 Å². The summed E-state index contributed by atoms with van der Waals surface area (Å²) >= 11 is 0. The van der Waals surface area contributed by atoms with Crippen molar-refractivity contribution in [3.05, 3.63) is 60.4 Å². The third-order valence-electron chi connectivity index (χ3n) is 5.31. The molecule has 0 saturated heterocycles. The van der Waals surface area contributed by atoms with E-state index in [9.17, 15) is 0 Å². The molecule has 0 saturated carbocycles. The van der Waals surface area contributed by atoms with Crippen LogP contribution in [-0.4, -0.2) is 34.7 Å². The standard InChI is InChI=1S/C23H29N5O.HI/c1-23(2)15-19(17-9-4-7-12-21(17)29-23)27-22(24-3)25-13-8-14-28-16-26-18-10-5-6-11-20(18)28;/h4-7,9-12,16,19H,8,13-15H2,1-3H3,(H2,24,25,27);1H. The van der Waals surface area contributed by atoms with Crippen LogP contribution < -0.4 is 15.4 Å². The molecule has 160 valence electrons. The molecular formula is C23H30IN5O. The molecule has 0 aliphatic carbocycles. The van der Waals surface area contributed by atoms with Crippen LogP contribution in [0.3, 0.4) is 0 Å². The van der Waals surface area contributed by atoms with Crippen LogP contribution >= 0.6 is 24.0 Å². The molecule has 2 heterocycles. The summed E-state index contributed by atoms with van der Waals surface area (Å²) in [6, 6.07) is 16.6. The number of hydrogen-bond acceptors (Lipinski definition) is 3. The van der Waals surface area contributed by atoms with E-state index in [1.165, 1.54) is 11.1 Å². The zero-order valence-corrected chi connectivity index (χ0v) is 20.1. The lowest BCUT2D eigenvalue weighted by atomic mass is 9.90. The first-order valence-electron chi connectivity index (χ1n) is 10.2. The van der Waals surface area contributed by atoms with Gasteiger partial charge in [0.1, 0.15) is 11.4 Å². The van der Waals surface area contributed by atoms with Gasteiger partial charge in [0.15, 0.2) is 5.96 Å². The van der Waals surface area contributed by atoms with Crippen LogP contribution in [0.1, 0.15) is 38.3 Å². The molecule has 4 rings (SSSR count). The number of rotatable bonds is 5. The van der Waals surface area contributed by atoms with Gasteiger partial charge in [-0.3, -0.25) is 4.99 Å². The third kappa shape index (κ3) is 5.06. The van der Waals surface area contributed by atoms with Gasteiger partial charge < -0.3 is 19.9 Å². The molecule has 2 aromatic carbocycles. The Bertz CT molecular complexity index is 1010. The number of nitrogens with zero attached hydrogens (tertiary/aromatic N) is 3. The average molecular weight is 519 g/mol. The molecule has 1 aliphatic rings. The summed E-state index contributed by atoms with van der Waals surface area (Å²) in [5.41, 5.74) is 3.18. The van der Waals surface area contributed by atoms with Crippen molar-refractivity contribution in [1.82, 2.24) is 20.2 Å². The first-order chi connectivity index (χ1) is 14.1. The fraction of sp³-hybridized carbons (Fsp3) is 0.391. The van der Waals surface area contributed by atoms with E-state index >= 15 is 0 Å². The van der Waals surface area contributed by atoms with Crippen molar-refractivity contribution in [2.45, 2.75) is 44.9 Å². The number of imidazole rings is 1. The number of halogens is 1. The predicted molar refractivity (Wildman–Crippen MR) is 133 cm³/mol. The Morgan fingerprint density at radius 2 is 1.97 bits per heavy atom. The minimum atomic E-state index is -0.215. The molecule has 1 unspecified atom stereocenters. The fourth-order valence-electron chi connectivity index (χ4n) is 3.94. The van der Waals surface area contributed by atoms with Gasteiger partial charge in [-0.2, -0.15) is 0 Å². The van der Waals surface area contributed by atoms with Crippen LogP contribution in [0.4, 0.5) is 0 Å². The lowest BCUT2D eigenvalue weighted by Gasteiger charge is -2.38. The molecule has 0 amide bonds. The highest BCUT2D eigenvalue weighted by Crippen LogP contribution is 2.39. The van der Waals surface area contributed by atoms with E-state index in [1.807, 2.05) is 37.6 Å². The Kier molecular flexibility index (Phi) is 7.23. The Labute approximate surface area is 195 Å². The largest absolute Gasteiger partial charge is 0.487 e. The van der Waals surface area contributed by atoms with Gasteiger partial charge in [0.25, 0.3) is 0 Å². The highest BCUT2D eigenvalue weighted by molar-refractivity contribution is 14.0. The van der Waals surface area contributed by atoms with E-state index in [-0.39, 0.29) is 35.6 Å². The fourth-order valence-corrected chi connectivity index (χ4v) is 3.94. The van der Waals surface area contributed by atoms with E-state index in [0.717, 1.165) is 43.2 Å².